The molecule has 4 nitrogen and oxygen atoms in total. The predicted molar refractivity (Wildman–Crippen MR) is 80.2 cm³/mol. The number of amidine groups is 1. The fourth-order valence-corrected chi connectivity index (χ4v) is 2.13. The number of hydrogen-bond acceptors (Lipinski definition) is 3. The number of benzene rings is 1. The van der Waals surface area contributed by atoms with E-state index in [-0.39, 0.29) is 11.4 Å². The van der Waals surface area contributed by atoms with Crippen LogP contribution < -0.4 is 0 Å². The molecule has 0 unspecified atom stereocenters. The first-order valence-corrected chi connectivity index (χ1v) is 6.59. The molecule has 1 heterocycles. The van der Waals surface area contributed by atoms with Gasteiger partial charge in [0.25, 0.3) is 5.91 Å². The summed E-state index contributed by atoms with van der Waals surface area (Å²) in [6.45, 7) is 7.95. The first kappa shape index (κ1) is 14.3. The molecule has 1 aromatic carbocycles. The van der Waals surface area contributed by atoms with Crippen LogP contribution in [0.4, 0.5) is 0 Å². The molecule has 1 aliphatic rings. The number of hydrogen-bond donors (Lipinski definition) is 0. The van der Waals surface area contributed by atoms with Crippen LogP contribution in [-0.4, -0.2) is 29.3 Å². The normalized spacial score (nSPS) is 19.4. The number of rotatable bonds is 2. The van der Waals surface area contributed by atoms with E-state index in [4.69, 9.17) is 4.84 Å². The van der Waals surface area contributed by atoms with E-state index in [9.17, 15) is 4.79 Å². The van der Waals surface area contributed by atoms with E-state index in [0.29, 0.717) is 11.4 Å². The Morgan fingerprint density at radius 3 is 2.30 bits per heavy atom. The Hall–Kier alpha value is -2.10. The van der Waals surface area contributed by atoms with Gasteiger partial charge in [-0.1, -0.05) is 35.0 Å². The average Bonchev–Trinajstić information content (AvgIpc) is 2.36. The first-order chi connectivity index (χ1) is 9.34. The second-order valence-electron chi connectivity index (χ2n) is 5.88. The van der Waals surface area contributed by atoms with Gasteiger partial charge in [-0.3, -0.25) is 9.69 Å². The molecule has 0 bridgehead atoms. The van der Waals surface area contributed by atoms with Gasteiger partial charge in [0.05, 0.1) is 5.57 Å². The lowest BCUT2D eigenvalue weighted by Crippen LogP contribution is -2.60. The van der Waals surface area contributed by atoms with E-state index >= 15 is 0 Å². The molecule has 0 radical (unpaired) electrons. The minimum Gasteiger partial charge on any atom is -0.397 e. The van der Waals surface area contributed by atoms with Gasteiger partial charge in [0.15, 0.2) is 5.84 Å². The van der Waals surface area contributed by atoms with Crippen LogP contribution in [-0.2, 0) is 9.63 Å². The van der Waals surface area contributed by atoms with Crippen molar-refractivity contribution in [3.63, 3.8) is 0 Å². The number of amides is 1. The zero-order valence-electron chi connectivity index (χ0n) is 12.6. The fraction of sp³-hybridized carbons (Fsp3) is 0.375. The Morgan fingerprint density at radius 2 is 1.80 bits per heavy atom. The van der Waals surface area contributed by atoms with Crippen molar-refractivity contribution < 1.29 is 9.63 Å². The third-order valence-electron chi connectivity index (χ3n) is 3.12. The molecule has 106 valence electrons. The van der Waals surface area contributed by atoms with Crippen LogP contribution in [0.15, 0.2) is 35.0 Å². The fourth-order valence-electron chi connectivity index (χ4n) is 2.13. The molecule has 0 aromatic heterocycles. The maximum Gasteiger partial charge on any atom is 0.263 e. The predicted octanol–water partition coefficient (Wildman–Crippen LogP) is 2.98. The molecule has 1 aromatic rings. The Morgan fingerprint density at radius 1 is 1.20 bits per heavy atom. The number of oxime groups is 1. The molecule has 0 saturated carbocycles. The molecule has 20 heavy (non-hydrogen) atoms. The summed E-state index contributed by atoms with van der Waals surface area (Å²) >= 11 is 0. The molecule has 1 aliphatic heterocycles. The van der Waals surface area contributed by atoms with Crippen molar-refractivity contribution in [2.75, 3.05) is 7.11 Å². The Kier molecular flexibility index (Phi) is 3.66. The standard InChI is InChI=1S/C16H20N2O2/c1-11-6-8-12(9-7-11)10-13-14(17-20-5)18(15(13)19)16(2,3)4/h6-10H,1-5H3/b13-10-,17-14+. The van der Waals surface area contributed by atoms with E-state index in [2.05, 4.69) is 5.16 Å². The number of carbonyl (C=O) groups excluding carboxylic acids is 1. The molecule has 1 saturated heterocycles. The van der Waals surface area contributed by atoms with E-state index < -0.39 is 0 Å². The van der Waals surface area contributed by atoms with Gasteiger partial charge >= 0.3 is 0 Å². The van der Waals surface area contributed by atoms with Gasteiger partial charge in [0.2, 0.25) is 0 Å². The van der Waals surface area contributed by atoms with Gasteiger partial charge in [-0.15, -0.1) is 0 Å². The van der Waals surface area contributed by atoms with Crippen LogP contribution in [0.2, 0.25) is 0 Å². The van der Waals surface area contributed by atoms with Gasteiger partial charge in [-0.05, 0) is 39.3 Å². The van der Waals surface area contributed by atoms with Crippen molar-refractivity contribution in [3.05, 3.63) is 41.0 Å². The smallest absolute Gasteiger partial charge is 0.263 e. The van der Waals surface area contributed by atoms with Gasteiger partial charge in [-0.25, -0.2) is 0 Å². The Balaban J connectivity index is 2.35. The molecule has 1 amide bonds. The van der Waals surface area contributed by atoms with Crippen LogP contribution in [0.1, 0.15) is 31.9 Å². The highest BCUT2D eigenvalue weighted by atomic mass is 16.6. The SMILES string of the molecule is CO/N=C1\C(=C\c2ccc(C)cc2)C(=O)N1C(C)(C)C. The van der Waals surface area contributed by atoms with Gasteiger partial charge in [-0.2, -0.15) is 0 Å². The lowest BCUT2D eigenvalue weighted by atomic mass is 9.93. The van der Waals surface area contributed by atoms with Crippen LogP contribution in [0.3, 0.4) is 0 Å². The van der Waals surface area contributed by atoms with Crippen molar-refractivity contribution >= 4 is 17.8 Å². The van der Waals surface area contributed by atoms with Gasteiger partial charge < -0.3 is 4.84 Å². The quantitative estimate of drug-likeness (QED) is 0.472. The minimum atomic E-state index is -0.306. The Bertz CT molecular complexity index is 577. The van der Waals surface area contributed by atoms with Crippen LogP contribution in [0, 0.1) is 6.92 Å². The maximum atomic E-state index is 12.3. The van der Waals surface area contributed by atoms with Gasteiger partial charge in [0, 0.05) is 5.54 Å². The third kappa shape index (κ3) is 2.59. The van der Waals surface area contributed by atoms with Crippen LogP contribution in [0.25, 0.3) is 6.08 Å². The zero-order chi connectivity index (χ0) is 14.9. The summed E-state index contributed by atoms with van der Waals surface area (Å²) in [6.07, 6.45) is 1.85. The summed E-state index contributed by atoms with van der Waals surface area (Å²) in [6, 6.07) is 8.01. The summed E-state index contributed by atoms with van der Waals surface area (Å²) in [5.74, 6) is 0.569. The lowest BCUT2D eigenvalue weighted by molar-refractivity contribution is -0.129. The van der Waals surface area contributed by atoms with E-state index in [1.165, 1.54) is 12.7 Å². The minimum absolute atomic E-state index is 0.0196. The van der Waals surface area contributed by atoms with E-state index in [1.54, 1.807) is 4.90 Å². The summed E-state index contributed by atoms with van der Waals surface area (Å²) in [5.41, 5.74) is 2.45. The van der Waals surface area contributed by atoms with Crippen molar-refractivity contribution in [3.8, 4) is 0 Å². The molecule has 4 heteroatoms. The van der Waals surface area contributed by atoms with Crippen molar-refractivity contribution in [2.45, 2.75) is 33.2 Å². The zero-order valence-corrected chi connectivity index (χ0v) is 12.6. The summed E-state index contributed by atoms with van der Waals surface area (Å²) in [7, 11) is 1.49. The Labute approximate surface area is 119 Å². The second kappa shape index (κ2) is 5.12. The molecule has 0 aliphatic carbocycles. The van der Waals surface area contributed by atoms with Crippen molar-refractivity contribution in [1.82, 2.24) is 4.90 Å². The third-order valence-corrected chi connectivity index (χ3v) is 3.12. The summed E-state index contributed by atoms with van der Waals surface area (Å²) < 4.78 is 0. The molecule has 0 N–H and O–H groups in total. The van der Waals surface area contributed by atoms with Crippen molar-refractivity contribution in [1.29, 1.82) is 0 Å². The van der Waals surface area contributed by atoms with Crippen molar-refractivity contribution in [2.24, 2.45) is 5.16 Å². The number of β-lactam (4-membered cyclic amide) rings is 1. The number of nitrogens with zero attached hydrogens (tertiary/aromatic N) is 2. The molecule has 0 spiro atoms. The topological polar surface area (TPSA) is 41.9 Å². The maximum absolute atomic E-state index is 12.3. The lowest BCUT2D eigenvalue weighted by Gasteiger charge is -2.43. The summed E-state index contributed by atoms with van der Waals surface area (Å²) in [4.78, 5) is 18.8. The largest absolute Gasteiger partial charge is 0.397 e. The first-order valence-electron chi connectivity index (χ1n) is 6.59. The summed E-state index contributed by atoms with van der Waals surface area (Å²) in [5, 5.41) is 3.98. The highest BCUT2D eigenvalue weighted by molar-refractivity contribution is 6.38. The van der Waals surface area contributed by atoms with Crippen LogP contribution >= 0.6 is 0 Å². The average molecular weight is 272 g/mol. The van der Waals surface area contributed by atoms with Crippen LogP contribution in [0.5, 0.6) is 0 Å². The molecule has 0 atom stereocenters. The molecular formula is C16H20N2O2. The number of aryl methyl sites for hydroxylation is 1. The monoisotopic (exact) mass is 272 g/mol. The van der Waals surface area contributed by atoms with Gasteiger partial charge in [0.1, 0.15) is 7.11 Å². The highest BCUT2D eigenvalue weighted by Gasteiger charge is 2.45. The molecule has 2 rings (SSSR count). The van der Waals surface area contributed by atoms with E-state index in [0.717, 1.165) is 5.56 Å². The number of carbonyl (C=O) groups is 1. The molecule has 1 fully saturated rings. The highest BCUT2D eigenvalue weighted by Crippen LogP contribution is 2.30. The van der Waals surface area contributed by atoms with E-state index in [1.807, 2.05) is 58.0 Å². The second-order valence-corrected chi connectivity index (χ2v) is 5.88. The molecular weight excluding hydrogens is 252 g/mol. The number of likely N-dealkylation sites (tertiary alicyclic amines) is 1.